The summed E-state index contributed by atoms with van der Waals surface area (Å²) in [5, 5.41) is 11.6. The highest BCUT2D eigenvalue weighted by Crippen LogP contribution is 2.43. The second-order valence-corrected chi connectivity index (χ2v) is 6.21. The molecule has 3 nitrogen and oxygen atoms in total. The van der Waals surface area contributed by atoms with Gasteiger partial charge < -0.3 is 14.7 Å². The van der Waals surface area contributed by atoms with Gasteiger partial charge in [-0.1, -0.05) is 42.5 Å². The number of hydrogen-bond donors (Lipinski definition) is 1. The van der Waals surface area contributed by atoms with Crippen molar-refractivity contribution in [1.82, 2.24) is 4.90 Å². The van der Waals surface area contributed by atoms with E-state index in [1.54, 1.807) is 0 Å². The highest BCUT2D eigenvalue weighted by molar-refractivity contribution is 5.49. The Morgan fingerprint density at radius 2 is 1.73 bits per heavy atom. The first kappa shape index (κ1) is 15.1. The molecule has 1 heterocycles. The van der Waals surface area contributed by atoms with E-state index in [1.807, 2.05) is 48.5 Å². The van der Waals surface area contributed by atoms with Crippen LogP contribution in [0.25, 0.3) is 0 Å². The highest BCUT2D eigenvalue weighted by Gasteiger charge is 2.37. The van der Waals surface area contributed by atoms with Crippen molar-refractivity contribution < 1.29 is 9.84 Å². The van der Waals surface area contributed by atoms with E-state index in [1.165, 1.54) is 0 Å². The van der Waals surface area contributed by atoms with Crippen LogP contribution in [0.3, 0.4) is 0 Å². The first-order valence-electron chi connectivity index (χ1n) is 7.79. The van der Waals surface area contributed by atoms with Gasteiger partial charge in [0.2, 0.25) is 0 Å². The molecule has 1 N–H and O–H groups in total. The maximum atomic E-state index is 11.6. The molecule has 3 rings (SSSR count). The van der Waals surface area contributed by atoms with Crippen LogP contribution in [-0.2, 0) is 12.2 Å². The van der Waals surface area contributed by atoms with Crippen LogP contribution in [-0.4, -0.2) is 30.6 Å². The third-order valence-electron chi connectivity index (χ3n) is 4.32. The number of rotatable bonds is 4. The number of aliphatic hydroxyl groups is 1. The molecule has 0 saturated heterocycles. The second-order valence-electron chi connectivity index (χ2n) is 6.21. The van der Waals surface area contributed by atoms with Crippen molar-refractivity contribution >= 4 is 0 Å². The van der Waals surface area contributed by atoms with Crippen molar-refractivity contribution in [1.29, 1.82) is 0 Å². The molecule has 116 valence electrons. The zero-order chi connectivity index (χ0) is 15.6. The Morgan fingerprint density at radius 3 is 2.50 bits per heavy atom. The minimum Gasteiger partial charge on any atom is -0.488 e. The molecule has 0 unspecified atom stereocenters. The van der Waals surface area contributed by atoms with Crippen LogP contribution in [0.15, 0.2) is 48.5 Å². The third-order valence-corrected chi connectivity index (χ3v) is 4.32. The van der Waals surface area contributed by atoms with Gasteiger partial charge in [0.15, 0.2) is 0 Å². The van der Waals surface area contributed by atoms with E-state index in [2.05, 4.69) is 19.0 Å². The highest BCUT2D eigenvalue weighted by atomic mass is 16.5. The van der Waals surface area contributed by atoms with Crippen LogP contribution >= 0.6 is 0 Å². The molecule has 2 aromatic rings. The summed E-state index contributed by atoms with van der Waals surface area (Å²) in [5.74, 6) is 0.783. The van der Waals surface area contributed by atoms with Crippen LogP contribution in [0.5, 0.6) is 5.75 Å². The molecule has 0 bridgehead atoms. The summed E-state index contributed by atoms with van der Waals surface area (Å²) in [4.78, 5) is 2.15. The first-order chi connectivity index (χ1) is 10.6. The Hall–Kier alpha value is -1.84. The van der Waals surface area contributed by atoms with Gasteiger partial charge in [-0.05, 0) is 50.7 Å². The fraction of sp³-hybridized carbons (Fsp3) is 0.368. The fourth-order valence-corrected chi connectivity index (χ4v) is 3.20. The van der Waals surface area contributed by atoms with E-state index in [-0.39, 0.29) is 0 Å². The van der Waals surface area contributed by atoms with Crippen LogP contribution < -0.4 is 4.74 Å². The van der Waals surface area contributed by atoms with Gasteiger partial charge in [-0.25, -0.2) is 0 Å². The predicted octanol–water partition coefficient (Wildman–Crippen LogP) is 3.16. The average molecular weight is 297 g/mol. The minimum absolute atomic E-state index is 0.503. The quantitative estimate of drug-likeness (QED) is 0.941. The Balaban J connectivity index is 2.05. The number of fused-ring (bicyclic) bond motifs is 2. The Morgan fingerprint density at radius 1 is 1.05 bits per heavy atom. The molecular weight excluding hydrogens is 274 g/mol. The van der Waals surface area contributed by atoms with Gasteiger partial charge in [0, 0.05) is 5.56 Å². The fourth-order valence-electron chi connectivity index (χ4n) is 3.20. The van der Waals surface area contributed by atoms with Gasteiger partial charge in [-0.3, -0.25) is 0 Å². The van der Waals surface area contributed by atoms with E-state index in [9.17, 15) is 5.11 Å². The summed E-state index contributed by atoms with van der Waals surface area (Å²) in [6.45, 7) is 1.46. The lowest BCUT2D eigenvalue weighted by Crippen LogP contribution is -2.29. The minimum atomic E-state index is -0.986. The van der Waals surface area contributed by atoms with Gasteiger partial charge in [-0.2, -0.15) is 0 Å². The molecule has 2 aromatic carbocycles. The number of ether oxygens (including phenoxy) is 1. The first-order valence-corrected chi connectivity index (χ1v) is 7.79. The van der Waals surface area contributed by atoms with Gasteiger partial charge >= 0.3 is 0 Å². The largest absolute Gasteiger partial charge is 0.488 e. The lowest BCUT2D eigenvalue weighted by molar-refractivity contribution is 0.0658. The summed E-state index contributed by atoms with van der Waals surface area (Å²) < 4.78 is 5.93. The zero-order valence-electron chi connectivity index (χ0n) is 13.2. The Kier molecular flexibility index (Phi) is 4.19. The molecule has 22 heavy (non-hydrogen) atoms. The molecule has 3 heteroatoms. The van der Waals surface area contributed by atoms with Gasteiger partial charge in [0.25, 0.3) is 0 Å². The van der Waals surface area contributed by atoms with Gasteiger partial charge in [0.05, 0.1) is 0 Å². The summed E-state index contributed by atoms with van der Waals surface area (Å²) >= 11 is 0. The van der Waals surface area contributed by atoms with Crippen molar-refractivity contribution in [2.24, 2.45) is 0 Å². The molecule has 1 aliphatic rings. The van der Waals surface area contributed by atoms with Crippen molar-refractivity contribution in [3.05, 3.63) is 65.2 Å². The monoisotopic (exact) mass is 297 g/mol. The normalized spacial score (nSPS) is 20.0. The lowest BCUT2D eigenvalue weighted by Gasteiger charge is -2.30. The van der Waals surface area contributed by atoms with Gasteiger partial charge in [-0.15, -0.1) is 0 Å². The SMILES string of the molecule is CN(C)CCC[C@]1(O)c2ccccc2COc2ccccc21. The molecule has 0 fully saturated rings. The standard InChI is InChI=1S/C19H23NO2/c1-20(2)13-7-12-19(21)16-9-4-3-8-15(16)14-22-18-11-6-5-10-17(18)19/h3-6,8-11,21H,7,12-14H2,1-2H3/t19-/m0/s1. The van der Waals surface area contributed by atoms with Crippen molar-refractivity contribution in [3.8, 4) is 5.75 Å². The molecule has 0 spiro atoms. The van der Waals surface area contributed by atoms with E-state index in [0.29, 0.717) is 13.0 Å². The van der Waals surface area contributed by atoms with Crippen LogP contribution in [0.1, 0.15) is 29.5 Å². The molecule has 0 amide bonds. The van der Waals surface area contributed by atoms with Crippen LogP contribution in [0, 0.1) is 0 Å². The zero-order valence-corrected chi connectivity index (χ0v) is 13.2. The molecule has 0 aromatic heterocycles. The summed E-state index contributed by atoms with van der Waals surface area (Å²) in [6, 6.07) is 15.9. The molecule has 0 saturated carbocycles. The van der Waals surface area contributed by atoms with Crippen molar-refractivity contribution in [3.63, 3.8) is 0 Å². The molecule has 1 aliphatic heterocycles. The number of para-hydroxylation sites is 1. The maximum absolute atomic E-state index is 11.6. The Labute approximate surface area is 132 Å². The smallest absolute Gasteiger partial charge is 0.126 e. The van der Waals surface area contributed by atoms with Gasteiger partial charge in [0.1, 0.15) is 18.0 Å². The molecule has 1 atom stereocenters. The average Bonchev–Trinajstić information content (AvgIpc) is 2.64. The van der Waals surface area contributed by atoms with E-state index in [0.717, 1.165) is 35.4 Å². The van der Waals surface area contributed by atoms with E-state index in [4.69, 9.17) is 4.74 Å². The van der Waals surface area contributed by atoms with E-state index >= 15 is 0 Å². The lowest BCUT2D eigenvalue weighted by atomic mass is 9.80. The van der Waals surface area contributed by atoms with Crippen molar-refractivity contribution in [2.45, 2.75) is 25.0 Å². The number of hydrogen-bond acceptors (Lipinski definition) is 3. The molecule has 0 aliphatic carbocycles. The maximum Gasteiger partial charge on any atom is 0.126 e. The number of nitrogens with zero attached hydrogens (tertiary/aromatic N) is 1. The van der Waals surface area contributed by atoms with Crippen molar-refractivity contribution in [2.75, 3.05) is 20.6 Å². The summed E-state index contributed by atoms with van der Waals surface area (Å²) in [5.41, 5.74) is 1.92. The summed E-state index contributed by atoms with van der Waals surface area (Å²) in [6.07, 6.45) is 1.61. The number of benzene rings is 2. The summed E-state index contributed by atoms with van der Waals surface area (Å²) in [7, 11) is 4.12. The Bertz CT molecular complexity index is 604. The molecule has 0 radical (unpaired) electrons. The van der Waals surface area contributed by atoms with Crippen LogP contribution in [0.4, 0.5) is 0 Å². The second kappa shape index (κ2) is 6.11. The van der Waals surface area contributed by atoms with E-state index < -0.39 is 5.60 Å². The predicted molar refractivity (Wildman–Crippen MR) is 88.0 cm³/mol. The molecular formula is C19H23NO2. The topological polar surface area (TPSA) is 32.7 Å². The van der Waals surface area contributed by atoms with Crippen LogP contribution in [0.2, 0.25) is 0 Å². The third kappa shape index (κ3) is 2.74.